The lowest BCUT2D eigenvalue weighted by Crippen LogP contribution is -2.05. The van der Waals surface area contributed by atoms with Crippen molar-refractivity contribution in [2.24, 2.45) is 0 Å². The molecule has 0 aliphatic carbocycles. The van der Waals surface area contributed by atoms with Crippen LogP contribution in [0.2, 0.25) is 5.28 Å². The van der Waals surface area contributed by atoms with Crippen LogP contribution in [0.1, 0.15) is 21.5 Å². The Kier molecular flexibility index (Phi) is 5.49. The molecule has 0 atom stereocenters. The SMILES string of the molecule is COc1ccc(Cn2ncc3c(N)nc(Cl)nc32)cc1OCc1ccccc1C=O. The van der Waals surface area contributed by atoms with Gasteiger partial charge in [-0.25, -0.2) is 9.67 Å². The Labute approximate surface area is 177 Å². The molecule has 2 aromatic carbocycles. The van der Waals surface area contributed by atoms with E-state index in [9.17, 15) is 4.79 Å². The minimum atomic E-state index is 0.0642. The Hall–Kier alpha value is -3.65. The molecule has 0 spiro atoms. The van der Waals surface area contributed by atoms with Crippen LogP contribution >= 0.6 is 11.6 Å². The second-order valence-electron chi connectivity index (χ2n) is 6.51. The lowest BCUT2D eigenvalue weighted by atomic mass is 10.1. The molecule has 0 saturated heterocycles. The maximum absolute atomic E-state index is 11.2. The van der Waals surface area contributed by atoms with Crippen molar-refractivity contribution >= 4 is 34.7 Å². The number of aldehydes is 1. The van der Waals surface area contributed by atoms with Crippen molar-refractivity contribution < 1.29 is 14.3 Å². The van der Waals surface area contributed by atoms with Crippen molar-refractivity contribution in [2.45, 2.75) is 13.2 Å². The third-order valence-corrected chi connectivity index (χ3v) is 4.79. The van der Waals surface area contributed by atoms with E-state index < -0.39 is 0 Å². The normalized spacial score (nSPS) is 10.9. The number of methoxy groups -OCH3 is 1. The average Bonchev–Trinajstić information content (AvgIpc) is 3.15. The fraction of sp³-hybridized carbons (Fsp3) is 0.143. The summed E-state index contributed by atoms with van der Waals surface area (Å²) < 4.78 is 13.1. The summed E-state index contributed by atoms with van der Waals surface area (Å²) >= 11 is 5.94. The second-order valence-corrected chi connectivity index (χ2v) is 6.85. The highest BCUT2D eigenvalue weighted by Crippen LogP contribution is 2.30. The fourth-order valence-corrected chi connectivity index (χ4v) is 3.28. The number of carbonyl (C=O) groups is 1. The van der Waals surface area contributed by atoms with Crippen LogP contribution in [-0.2, 0) is 13.2 Å². The molecule has 4 aromatic rings. The van der Waals surface area contributed by atoms with Gasteiger partial charge >= 0.3 is 0 Å². The van der Waals surface area contributed by atoms with Gasteiger partial charge in [-0.15, -0.1) is 0 Å². The molecule has 0 amide bonds. The molecule has 8 nitrogen and oxygen atoms in total. The topological polar surface area (TPSA) is 105 Å². The van der Waals surface area contributed by atoms with Crippen LogP contribution in [0.15, 0.2) is 48.7 Å². The van der Waals surface area contributed by atoms with Gasteiger partial charge in [-0.3, -0.25) is 4.79 Å². The smallest absolute Gasteiger partial charge is 0.226 e. The predicted molar refractivity (Wildman–Crippen MR) is 113 cm³/mol. The number of hydrogen-bond acceptors (Lipinski definition) is 7. The number of nitrogens with zero attached hydrogens (tertiary/aromatic N) is 4. The lowest BCUT2D eigenvalue weighted by molar-refractivity contribution is 0.112. The van der Waals surface area contributed by atoms with Crippen molar-refractivity contribution in [3.05, 3.63) is 70.6 Å². The number of nitrogens with two attached hydrogens (primary N) is 1. The third-order valence-electron chi connectivity index (χ3n) is 4.62. The van der Waals surface area contributed by atoms with Crippen molar-refractivity contribution in [2.75, 3.05) is 12.8 Å². The first-order valence-electron chi connectivity index (χ1n) is 9.06. The Morgan fingerprint density at radius 1 is 1.17 bits per heavy atom. The van der Waals surface area contributed by atoms with Gasteiger partial charge in [0.05, 0.1) is 25.2 Å². The van der Waals surface area contributed by atoms with Gasteiger partial charge in [0.15, 0.2) is 17.1 Å². The standard InChI is InChI=1S/C21H18ClN5O3/c1-29-17-7-6-13(8-18(17)30-12-15-5-3-2-4-14(15)11-28)10-27-20-16(9-24-27)19(23)25-21(22)26-20/h2-9,11H,10,12H2,1H3,(H2,23,25,26). The summed E-state index contributed by atoms with van der Waals surface area (Å²) in [6, 6.07) is 12.9. The highest BCUT2D eigenvalue weighted by atomic mass is 35.5. The van der Waals surface area contributed by atoms with Crippen molar-refractivity contribution in [1.29, 1.82) is 0 Å². The van der Waals surface area contributed by atoms with Gasteiger partial charge in [0.25, 0.3) is 0 Å². The Morgan fingerprint density at radius 2 is 2.00 bits per heavy atom. The number of carbonyl (C=O) groups excluding carboxylic acids is 1. The minimum absolute atomic E-state index is 0.0642. The first-order chi connectivity index (χ1) is 14.6. The molecule has 2 aromatic heterocycles. The van der Waals surface area contributed by atoms with Crippen LogP contribution < -0.4 is 15.2 Å². The summed E-state index contributed by atoms with van der Waals surface area (Å²) in [6.45, 7) is 0.653. The maximum atomic E-state index is 11.2. The molecule has 0 bridgehead atoms. The molecular formula is C21H18ClN5O3. The molecule has 0 aliphatic heterocycles. The van der Waals surface area contributed by atoms with E-state index >= 15 is 0 Å². The first-order valence-corrected chi connectivity index (χ1v) is 9.44. The predicted octanol–water partition coefficient (Wildman–Crippen LogP) is 3.51. The lowest BCUT2D eigenvalue weighted by Gasteiger charge is -2.13. The second kappa shape index (κ2) is 8.38. The van der Waals surface area contributed by atoms with E-state index in [2.05, 4.69) is 15.1 Å². The van der Waals surface area contributed by atoms with Gasteiger partial charge in [-0.2, -0.15) is 10.1 Å². The number of ether oxygens (including phenoxy) is 2. The molecule has 0 unspecified atom stereocenters. The first kappa shape index (κ1) is 19.7. The molecular weight excluding hydrogens is 406 g/mol. The van der Waals surface area contributed by atoms with Gasteiger partial charge in [-0.1, -0.05) is 30.3 Å². The van der Waals surface area contributed by atoms with E-state index in [4.69, 9.17) is 26.8 Å². The highest BCUT2D eigenvalue weighted by Gasteiger charge is 2.13. The van der Waals surface area contributed by atoms with Gasteiger partial charge in [0.2, 0.25) is 5.28 Å². The van der Waals surface area contributed by atoms with Crippen molar-refractivity contribution in [3.8, 4) is 11.5 Å². The molecule has 4 rings (SSSR count). The Balaban J connectivity index is 1.61. The number of fused-ring (bicyclic) bond motifs is 1. The third kappa shape index (κ3) is 3.90. The summed E-state index contributed by atoms with van der Waals surface area (Å²) in [5, 5.41) is 5.04. The number of benzene rings is 2. The number of anilines is 1. The van der Waals surface area contributed by atoms with Crippen LogP contribution in [-0.4, -0.2) is 33.1 Å². The van der Waals surface area contributed by atoms with E-state index in [1.165, 1.54) is 0 Å². The Bertz CT molecular complexity index is 1220. The number of nitrogen functional groups attached to an aromatic ring is 1. The van der Waals surface area contributed by atoms with Crippen molar-refractivity contribution in [3.63, 3.8) is 0 Å². The maximum Gasteiger partial charge on any atom is 0.226 e. The van der Waals surface area contributed by atoms with E-state index in [1.54, 1.807) is 24.1 Å². The zero-order valence-electron chi connectivity index (χ0n) is 16.1. The van der Waals surface area contributed by atoms with Crippen LogP contribution in [0.3, 0.4) is 0 Å². The molecule has 30 heavy (non-hydrogen) atoms. The van der Waals surface area contributed by atoms with Crippen LogP contribution in [0.4, 0.5) is 5.82 Å². The average molecular weight is 424 g/mol. The summed E-state index contributed by atoms with van der Waals surface area (Å²) in [5.74, 6) is 1.42. The largest absolute Gasteiger partial charge is 0.493 e. The number of aromatic nitrogens is 4. The Morgan fingerprint density at radius 3 is 2.80 bits per heavy atom. The van der Waals surface area contributed by atoms with Crippen LogP contribution in [0.25, 0.3) is 11.0 Å². The van der Waals surface area contributed by atoms with E-state index in [0.29, 0.717) is 34.6 Å². The zero-order valence-corrected chi connectivity index (χ0v) is 16.8. The summed E-state index contributed by atoms with van der Waals surface area (Å²) in [4.78, 5) is 19.4. The van der Waals surface area contributed by atoms with Crippen LogP contribution in [0.5, 0.6) is 11.5 Å². The van der Waals surface area contributed by atoms with E-state index in [0.717, 1.165) is 17.4 Å². The highest BCUT2D eigenvalue weighted by molar-refractivity contribution is 6.28. The number of hydrogen-bond donors (Lipinski definition) is 1. The quantitative estimate of drug-likeness (QED) is 0.358. The van der Waals surface area contributed by atoms with E-state index in [-0.39, 0.29) is 17.7 Å². The van der Waals surface area contributed by atoms with Gasteiger partial charge in [0, 0.05) is 5.56 Å². The molecule has 0 radical (unpaired) electrons. The zero-order chi connectivity index (χ0) is 21.1. The van der Waals surface area contributed by atoms with Crippen LogP contribution in [0, 0.1) is 0 Å². The van der Waals surface area contributed by atoms with Gasteiger partial charge in [-0.05, 0) is 34.9 Å². The van der Waals surface area contributed by atoms with E-state index in [1.807, 2.05) is 36.4 Å². The molecule has 0 fully saturated rings. The molecule has 2 N–H and O–H groups in total. The number of halogens is 1. The molecule has 152 valence electrons. The molecule has 0 saturated carbocycles. The molecule has 0 aliphatic rings. The minimum Gasteiger partial charge on any atom is -0.493 e. The number of rotatable bonds is 7. The van der Waals surface area contributed by atoms with Gasteiger partial charge < -0.3 is 15.2 Å². The van der Waals surface area contributed by atoms with Crippen molar-refractivity contribution in [1.82, 2.24) is 19.7 Å². The molecule has 9 heteroatoms. The molecule has 2 heterocycles. The summed E-state index contributed by atoms with van der Waals surface area (Å²) in [7, 11) is 1.57. The summed E-state index contributed by atoms with van der Waals surface area (Å²) in [5.41, 5.74) is 8.73. The van der Waals surface area contributed by atoms with Gasteiger partial charge in [0.1, 0.15) is 18.7 Å². The summed E-state index contributed by atoms with van der Waals surface area (Å²) in [6.07, 6.45) is 2.42. The monoisotopic (exact) mass is 423 g/mol. The fourth-order valence-electron chi connectivity index (χ4n) is 3.11.